The number of H-pyrrole nitrogens is 1. The fraction of sp³-hybridized carbons (Fsp3) is 0.261. The average Bonchev–Trinajstić information content (AvgIpc) is 3.41. The van der Waals surface area contributed by atoms with E-state index in [9.17, 15) is 4.79 Å². The number of carbonyl (C=O) groups is 1. The van der Waals surface area contributed by atoms with Gasteiger partial charge in [0, 0.05) is 37.0 Å². The highest BCUT2D eigenvalue weighted by Crippen LogP contribution is 2.27. The number of para-hydroxylation sites is 2. The van der Waals surface area contributed by atoms with Gasteiger partial charge in [0.2, 0.25) is 5.91 Å². The van der Waals surface area contributed by atoms with E-state index < -0.39 is 0 Å². The summed E-state index contributed by atoms with van der Waals surface area (Å²) in [4.78, 5) is 27.6. The Balaban J connectivity index is 1.31. The van der Waals surface area contributed by atoms with Crippen molar-refractivity contribution >= 4 is 16.9 Å². The van der Waals surface area contributed by atoms with Crippen molar-refractivity contribution in [3.05, 3.63) is 72.8 Å². The van der Waals surface area contributed by atoms with E-state index in [1.165, 1.54) is 0 Å². The minimum Gasteiger partial charge on any atom is -0.342 e. The minimum atomic E-state index is 0.126. The van der Waals surface area contributed by atoms with Gasteiger partial charge in [-0.05, 0) is 25.0 Å². The summed E-state index contributed by atoms with van der Waals surface area (Å²) in [5, 5.41) is 0. The van der Waals surface area contributed by atoms with Crippen LogP contribution in [0.1, 0.15) is 24.6 Å². The SMILES string of the molecule is O=C(Cn1ccnc1-c1ccccc1)N1CCC[C@@H](c2nc3ccccc3[nH]2)C1. The molecule has 4 aromatic rings. The zero-order valence-corrected chi connectivity index (χ0v) is 16.2. The van der Waals surface area contributed by atoms with Gasteiger partial charge in [0.1, 0.15) is 18.2 Å². The van der Waals surface area contributed by atoms with E-state index in [2.05, 4.69) is 9.97 Å². The van der Waals surface area contributed by atoms with Crippen LogP contribution in [0.3, 0.4) is 0 Å². The molecule has 0 radical (unpaired) electrons. The van der Waals surface area contributed by atoms with E-state index in [4.69, 9.17) is 4.98 Å². The van der Waals surface area contributed by atoms with Crippen LogP contribution in [0.25, 0.3) is 22.4 Å². The Hall–Kier alpha value is -3.41. The van der Waals surface area contributed by atoms with Gasteiger partial charge in [-0.25, -0.2) is 9.97 Å². The fourth-order valence-electron chi connectivity index (χ4n) is 4.12. The van der Waals surface area contributed by atoms with Gasteiger partial charge in [0.05, 0.1) is 11.0 Å². The van der Waals surface area contributed by atoms with E-state index in [0.29, 0.717) is 13.1 Å². The number of amides is 1. The van der Waals surface area contributed by atoms with E-state index >= 15 is 0 Å². The lowest BCUT2D eigenvalue weighted by Gasteiger charge is -2.32. The first kappa shape index (κ1) is 17.7. The van der Waals surface area contributed by atoms with Crippen LogP contribution in [0.5, 0.6) is 0 Å². The van der Waals surface area contributed by atoms with Gasteiger partial charge >= 0.3 is 0 Å². The topological polar surface area (TPSA) is 66.8 Å². The maximum Gasteiger partial charge on any atom is 0.242 e. The molecule has 1 saturated heterocycles. The summed E-state index contributed by atoms with van der Waals surface area (Å²) in [6.45, 7) is 1.80. The lowest BCUT2D eigenvalue weighted by molar-refractivity contribution is -0.133. The second-order valence-electron chi connectivity index (χ2n) is 7.56. The number of carbonyl (C=O) groups excluding carboxylic acids is 1. The van der Waals surface area contributed by atoms with E-state index in [1.54, 1.807) is 6.20 Å². The highest BCUT2D eigenvalue weighted by atomic mass is 16.2. The molecule has 2 aromatic carbocycles. The number of imidazole rings is 2. The summed E-state index contributed by atoms with van der Waals surface area (Å²) in [5.41, 5.74) is 3.05. The van der Waals surface area contributed by atoms with E-state index in [0.717, 1.165) is 47.6 Å². The zero-order valence-electron chi connectivity index (χ0n) is 16.2. The highest BCUT2D eigenvalue weighted by Gasteiger charge is 2.27. The third kappa shape index (κ3) is 3.53. The summed E-state index contributed by atoms with van der Waals surface area (Å²) in [5.74, 6) is 2.18. The minimum absolute atomic E-state index is 0.126. The van der Waals surface area contributed by atoms with Gasteiger partial charge in [-0.2, -0.15) is 0 Å². The molecule has 0 bridgehead atoms. The Bertz CT molecular complexity index is 1100. The molecule has 5 rings (SSSR count). The molecule has 1 aliphatic heterocycles. The second-order valence-corrected chi connectivity index (χ2v) is 7.56. The number of hydrogen-bond donors (Lipinski definition) is 1. The standard InChI is InChI=1S/C23H23N5O/c29-21(16-28-14-12-24-23(28)17-7-2-1-3-8-17)27-13-6-9-18(15-27)22-25-19-10-4-5-11-20(19)26-22/h1-5,7-8,10-12,14,18H,6,9,13,15-16H2,(H,25,26)/t18-/m1/s1. The van der Waals surface area contributed by atoms with Crippen molar-refractivity contribution < 1.29 is 4.79 Å². The zero-order chi connectivity index (χ0) is 19.6. The first-order valence-electron chi connectivity index (χ1n) is 10.1. The molecule has 0 saturated carbocycles. The highest BCUT2D eigenvalue weighted by molar-refractivity contribution is 5.77. The molecular formula is C23H23N5O. The summed E-state index contributed by atoms with van der Waals surface area (Å²) in [7, 11) is 0. The first-order chi connectivity index (χ1) is 14.3. The number of piperidine rings is 1. The summed E-state index contributed by atoms with van der Waals surface area (Å²) < 4.78 is 1.93. The van der Waals surface area contributed by atoms with E-state index in [-0.39, 0.29) is 11.8 Å². The summed E-state index contributed by atoms with van der Waals surface area (Å²) in [6, 6.07) is 18.1. The Kier molecular flexibility index (Phi) is 4.60. The van der Waals surface area contributed by atoms with Gasteiger partial charge in [0.15, 0.2) is 0 Å². The molecule has 0 aliphatic carbocycles. The monoisotopic (exact) mass is 385 g/mol. The smallest absolute Gasteiger partial charge is 0.242 e. The predicted molar refractivity (Wildman–Crippen MR) is 112 cm³/mol. The largest absolute Gasteiger partial charge is 0.342 e. The summed E-state index contributed by atoms with van der Waals surface area (Å²) >= 11 is 0. The lowest BCUT2D eigenvalue weighted by Crippen LogP contribution is -2.41. The number of hydrogen-bond acceptors (Lipinski definition) is 3. The van der Waals surface area contributed by atoms with Crippen LogP contribution in [0.2, 0.25) is 0 Å². The van der Waals surface area contributed by atoms with Crippen molar-refractivity contribution in [2.45, 2.75) is 25.3 Å². The van der Waals surface area contributed by atoms with Gasteiger partial charge in [-0.1, -0.05) is 42.5 Å². The number of likely N-dealkylation sites (tertiary alicyclic amines) is 1. The maximum atomic E-state index is 13.0. The number of nitrogens with zero attached hydrogens (tertiary/aromatic N) is 4. The van der Waals surface area contributed by atoms with Crippen LogP contribution >= 0.6 is 0 Å². The quantitative estimate of drug-likeness (QED) is 0.580. The average molecular weight is 385 g/mol. The third-order valence-corrected chi connectivity index (χ3v) is 5.62. The Morgan fingerprint density at radius 1 is 1.10 bits per heavy atom. The molecule has 146 valence electrons. The van der Waals surface area contributed by atoms with Crippen molar-refractivity contribution in [3.63, 3.8) is 0 Å². The molecule has 2 aromatic heterocycles. The van der Waals surface area contributed by atoms with Crippen LogP contribution in [-0.4, -0.2) is 43.4 Å². The third-order valence-electron chi connectivity index (χ3n) is 5.62. The van der Waals surface area contributed by atoms with Crippen LogP contribution in [-0.2, 0) is 11.3 Å². The lowest BCUT2D eigenvalue weighted by atomic mass is 9.97. The van der Waals surface area contributed by atoms with Gasteiger partial charge in [-0.3, -0.25) is 4.79 Å². The molecule has 3 heterocycles. The predicted octanol–water partition coefficient (Wildman–Crippen LogP) is 3.83. The Morgan fingerprint density at radius 2 is 1.93 bits per heavy atom. The van der Waals surface area contributed by atoms with E-state index in [1.807, 2.05) is 70.3 Å². The molecule has 1 amide bonds. The number of rotatable bonds is 4. The normalized spacial score (nSPS) is 17.0. The molecule has 0 unspecified atom stereocenters. The number of aromatic nitrogens is 4. The molecule has 1 N–H and O–H groups in total. The van der Waals surface area contributed by atoms with Crippen molar-refractivity contribution in [2.24, 2.45) is 0 Å². The molecular weight excluding hydrogens is 362 g/mol. The molecule has 0 spiro atoms. The van der Waals surface area contributed by atoms with Crippen molar-refractivity contribution in [2.75, 3.05) is 13.1 Å². The molecule has 1 atom stereocenters. The number of benzene rings is 2. The Labute approximate surface area is 169 Å². The maximum absolute atomic E-state index is 13.0. The molecule has 1 fully saturated rings. The number of nitrogens with one attached hydrogen (secondary N) is 1. The van der Waals surface area contributed by atoms with Crippen molar-refractivity contribution in [3.8, 4) is 11.4 Å². The fourth-order valence-corrected chi connectivity index (χ4v) is 4.12. The number of aromatic amines is 1. The molecule has 29 heavy (non-hydrogen) atoms. The van der Waals surface area contributed by atoms with Gasteiger partial charge in [-0.15, -0.1) is 0 Å². The van der Waals surface area contributed by atoms with Crippen molar-refractivity contribution in [1.82, 2.24) is 24.4 Å². The second kappa shape index (κ2) is 7.54. The first-order valence-corrected chi connectivity index (χ1v) is 10.1. The molecule has 6 nitrogen and oxygen atoms in total. The van der Waals surface area contributed by atoms with Crippen LogP contribution in [0.4, 0.5) is 0 Å². The van der Waals surface area contributed by atoms with Crippen LogP contribution < -0.4 is 0 Å². The van der Waals surface area contributed by atoms with Gasteiger partial charge in [0.25, 0.3) is 0 Å². The van der Waals surface area contributed by atoms with Crippen LogP contribution in [0, 0.1) is 0 Å². The van der Waals surface area contributed by atoms with Gasteiger partial charge < -0.3 is 14.5 Å². The summed E-state index contributed by atoms with van der Waals surface area (Å²) in [6.07, 6.45) is 5.66. The molecule has 1 aliphatic rings. The Morgan fingerprint density at radius 3 is 2.79 bits per heavy atom. The number of fused-ring (bicyclic) bond motifs is 1. The van der Waals surface area contributed by atoms with Crippen LogP contribution in [0.15, 0.2) is 67.0 Å². The molecule has 6 heteroatoms. The van der Waals surface area contributed by atoms with Crippen molar-refractivity contribution in [1.29, 1.82) is 0 Å².